The fourth-order valence-corrected chi connectivity index (χ4v) is 5.74. The van der Waals surface area contributed by atoms with Crippen molar-refractivity contribution in [2.24, 2.45) is 0 Å². The van der Waals surface area contributed by atoms with Crippen LogP contribution in [0.4, 0.5) is 0 Å². The predicted octanol–water partition coefficient (Wildman–Crippen LogP) is 4.30. The Kier molecular flexibility index (Phi) is 6.76. The smallest absolute Gasteiger partial charge is 0.260 e. The van der Waals surface area contributed by atoms with Gasteiger partial charge >= 0.3 is 0 Å². The Morgan fingerprint density at radius 1 is 1.27 bits per heavy atom. The first-order chi connectivity index (χ1) is 12.5. The van der Waals surface area contributed by atoms with Crippen LogP contribution in [0.15, 0.2) is 23.1 Å². The Bertz CT molecular complexity index is 624. The second-order valence-corrected chi connectivity index (χ2v) is 8.96. The van der Waals surface area contributed by atoms with Gasteiger partial charge in [-0.2, -0.15) is 0 Å². The number of hydrogen-bond donors (Lipinski definition) is 0. The molecule has 1 aromatic carbocycles. The predicted molar refractivity (Wildman–Crippen MR) is 108 cm³/mol. The molecular formula is C20H29ClN2O2S. The Morgan fingerprint density at radius 3 is 2.50 bits per heavy atom. The number of amides is 1. The molecule has 0 N–H and O–H groups in total. The van der Waals surface area contributed by atoms with Crippen molar-refractivity contribution in [2.45, 2.75) is 61.8 Å². The molecule has 2 bridgehead atoms. The largest absolute Gasteiger partial charge is 0.484 e. The number of benzene rings is 1. The van der Waals surface area contributed by atoms with Gasteiger partial charge in [0.05, 0.1) is 5.02 Å². The third-order valence-electron chi connectivity index (χ3n) is 5.73. The average Bonchev–Trinajstić information content (AvgIpc) is 2.84. The van der Waals surface area contributed by atoms with Crippen molar-refractivity contribution in [3.8, 4) is 5.75 Å². The van der Waals surface area contributed by atoms with Crippen LogP contribution in [0, 0.1) is 0 Å². The molecule has 0 radical (unpaired) electrons. The van der Waals surface area contributed by atoms with Crippen molar-refractivity contribution in [1.29, 1.82) is 0 Å². The number of ether oxygens (including phenoxy) is 1. The first-order valence-corrected chi connectivity index (χ1v) is 10.9. The van der Waals surface area contributed by atoms with Gasteiger partial charge < -0.3 is 14.5 Å². The lowest BCUT2D eigenvalue weighted by Gasteiger charge is -2.36. The van der Waals surface area contributed by atoms with Crippen LogP contribution in [0.3, 0.4) is 0 Å². The minimum atomic E-state index is 0.00590. The number of hydrogen-bond acceptors (Lipinski definition) is 4. The lowest BCUT2D eigenvalue weighted by Crippen LogP contribution is -2.40. The van der Waals surface area contributed by atoms with Crippen LogP contribution >= 0.6 is 23.4 Å². The number of fused-ring (bicyclic) bond motifs is 2. The van der Waals surface area contributed by atoms with E-state index in [9.17, 15) is 4.79 Å². The second-order valence-electron chi connectivity index (χ2n) is 7.21. The van der Waals surface area contributed by atoms with Crippen LogP contribution in [0.2, 0.25) is 5.02 Å². The molecule has 2 saturated heterocycles. The molecule has 2 unspecified atom stereocenters. The molecule has 4 nitrogen and oxygen atoms in total. The van der Waals surface area contributed by atoms with E-state index in [1.54, 1.807) is 4.90 Å². The third kappa shape index (κ3) is 4.49. The van der Waals surface area contributed by atoms with Gasteiger partial charge in [0.25, 0.3) is 5.91 Å². The molecule has 144 valence electrons. The maximum absolute atomic E-state index is 12.0. The quantitative estimate of drug-likeness (QED) is 0.687. The van der Waals surface area contributed by atoms with E-state index in [1.807, 2.05) is 43.8 Å². The number of halogens is 1. The Morgan fingerprint density at radius 2 is 1.92 bits per heavy atom. The van der Waals surface area contributed by atoms with E-state index in [4.69, 9.17) is 16.3 Å². The fourth-order valence-electron chi connectivity index (χ4n) is 4.12. The Balaban J connectivity index is 1.55. The summed E-state index contributed by atoms with van der Waals surface area (Å²) in [7, 11) is 2.27. The highest BCUT2D eigenvalue weighted by Gasteiger charge is 2.38. The average molecular weight is 397 g/mol. The minimum Gasteiger partial charge on any atom is -0.484 e. The monoisotopic (exact) mass is 396 g/mol. The van der Waals surface area contributed by atoms with E-state index in [0.29, 0.717) is 29.1 Å². The SMILES string of the molecule is CCN(CC)C(=O)COc1ccc(SC2CC3CCC(C2)N3C)c(Cl)c1. The standard InChI is InChI=1S/C20H29ClN2O2S/c1-4-23(5-2)20(24)13-25-16-8-9-19(18(21)12-16)26-17-10-14-6-7-15(11-17)22(14)3/h8-9,12,14-15,17H,4-7,10-11,13H2,1-3H3. The topological polar surface area (TPSA) is 32.8 Å². The van der Waals surface area contributed by atoms with Crippen LogP contribution in [-0.2, 0) is 4.79 Å². The molecule has 0 aromatic heterocycles. The van der Waals surface area contributed by atoms with Gasteiger partial charge in [0.2, 0.25) is 0 Å². The third-order valence-corrected chi connectivity index (χ3v) is 7.48. The number of likely N-dealkylation sites (N-methyl/N-ethyl adjacent to an activating group) is 1. The summed E-state index contributed by atoms with van der Waals surface area (Å²) in [6, 6.07) is 7.26. The van der Waals surface area contributed by atoms with Gasteiger partial charge in [-0.3, -0.25) is 4.79 Å². The zero-order valence-electron chi connectivity index (χ0n) is 15.9. The van der Waals surface area contributed by atoms with Gasteiger partial charge in [-0.05, 0) is 64.8 Å². The van der Waals surface area contributed by atoms with Crippen LogP contribution < -0.4 is 4.74 Å². The number of carbonyl (C=O) groups excluding carboxylic acids is 1. The van der Waals surface area contributed by atoms with Gasteiger partial charge in [-0.1, -0.05) is 11.6 Å². The zero-order chi connectivity index (χ0) is 18.7. The van der Waals surface area contributed by atoms with Crippen LogP contribution in [0.25, 0.3) is 0 Å². The number of piperidine rings is 1. The van der Waals surface area contributed by atoms with Crippen molar-refractivity contribution < 1.29 is 9.53 Å². The molecule has 2 aliphatic rings. The van der Waals surface area contributed by atoms with Crippen LogP contribution in [0.1, 0.15) is 39.5 Å². The zero-order valence-corrected chi connectivity index (χ0v) is 17.5. The molecule has 2 fully saturated rings. The minimum absolute atomic E-state index is 0.00590. The van der Waals surface area contributed by atoms with Crippen molar-refractivity contribution >= 4 is 29.3 Å². The molecule has 1 aromatic rings. The van der Waals surface area contributed by atoms with Crippen molar-refractivity contribution in [3.63, 3.8) is 0 Å². The molecule has 1 amide bonds. The molecule has 6 heteroatoms. The summed E-state index contributed by atoms with van der Waals surface area (Å²) in [4.78, 5) is 17.5. The highest BCUT2D eigenvalue weighted by atomic mass is 35.5. The molecular weight excluding hydrogens is 368 g/mol. The summed E-state index contributed by atoms with van der Waals surface area (Å²) in [6.45, 7) is 5.41. The van der Waals surface area contributed by atoms with Crippen LogP contribution in [-0.4, -0.2) is 59.8 Å². The van der Waals surface area contributed by atoms with Crippen molar-refractivity contribution in [2.75, 3.05) is 26.7 Å². The highest BCUT2D eigenvalue weighted by molar-refractivity contribution is 8.00. The lowest BCUT2D eigenvalue weighted by molar-refractivity contribution is -0.132. The number of nitrogens with zero attached hydrogens (tertiary/aromatic N) is 2. The summed E-state index contributed by atoms with van der Waals surface area (Å²) >= 11 is 8.39. The summed E-state index contributed by atoms with van der Waals surface area (Å²) in [5.41, 5.74) is 0. The maximum Gasteiger partial charge on any atom is 0.260 e. The van der Waals surface area contributed by atoms with Gasteiger partial charge in [0.1, 0.15) is 5.75 Å². The van der Waals surface area contributed by atoms with E-state index in [-0.39, 0.29) is 12.5 Å². The molecule has 2 heterocycles. The summed E-state index contributed by atoms with van der Waals surface area (Å²) in [5, 5.41) is 1.35. The molecule has 0 spiro atoms. The van der Waals surface area contributed by atoms with Crippen molar-refractivity contribution in [3.05, 3.63) is 23.2 Å². The maximum atomic E-state index is 12.0. The van der Waals surface area contributed by atoms with Gasteiger partial charge in [0, 0.05) is 35.3 Å². The van der Waals surface area contributed by atoms with Gasteiger partial charge in [-0.15, -0.1) is 11.8 Å². The fraction of sp³-hybridized carbons (Fsp3) is 0.650. The van der Waals surface area contributed by atoms with E-state index < -0.39 is 0 Å². The summed E-state index contributed by atoms with van der Waals surface area (Å²) < 4.78 is 5.64. The highest BCUT2D eigenvalue weighted by Crippen LogP contribution is 2.43. The number of thioether (sulfide) groups is 1. The first kappa shape index (κ1) is 19.8. The molecule has 2 atom stereocenters. The van der Waals surface area contributed by atoms with Crippen LogP contribution in [0.5, 0.6) is 5.75 Å². The summed E-state index contributed by atoms with van der Waals surface area (Å²) in [6.07, 6.45) is 5.15. The van der Waals surface area contributed by atoms with Crippen molar-refractivity contribution in [1.82, 2.24) is 9.80 Å². The van der Waals surface area contributed by atoms with Gasteiger partial charge in [-0.25, -0.2) is 0 Å². The number of carbonyl (C=O) groups is 1. The molecule has 0 saturated carbocycles. The molecule has 26 heavy (non-hydrogen) atoms. The normalized spacial score (nSPS) is 25.3. The Labute approximate surface area is 166 Å². The van der Waals surface area contributed by atoms with E-state index >= 15 is 0 Å². The van der Waals surface area contributed by atoms with Gasteiger partial charge in [0.15, 0.2) is 6.61 Å². The molecule has 3 rings (SSSR count). The van der Waals surface area contributed by atoms with E-state index in [1.165, 1.54) is 25.7 Å². The van der Waals surface area contributed by atoms with E-state index in [2.05, 4.69) is 11.9 Å². The Hall–Kier alpha value is -0.910. The molecule has 2 aliphatic heterocycles. The lowest BCUT2D eigenvalue weighted by atomic mass is 10.0. The second kappa shape index (κ2) is 8.85. The molecule has 0 aliphatic carbocycles. The summed E-state index contributed by atoms with van der Waals surface area (Å²) in [5.74, 6) is 0.662. The number of rotatable bonds is 7. The van der Waals surface area contributed by atoms with E-state index in [0.717, 1.165) is 17.0 Å². The first-order valence-electron chi connectivity index (χ1n) is 9.60.